The number of hydrogen-bond donors (Lipinski definition) is 2. The third-order valence-electron chi connectivity index (χ3n) is 4.21. The van der Waals surface area contributed by atoms with Crippen LogP contribution < -0.4 is 10.0 Å². The molecule has 2 aromatic carbocycles. The van der Waals surface area contributed by atoms with E-state index in [2.05, 4.69) is 10.0 Å². The topological polar surface area (TPSA) is 75.3 Å². The second-order valence-electron chi connectivity index (χ2n) is 6.06. The van der Waals surface area contributed by atoms with Crippen LogP contribution in [0.3, 0.4) is 0 Å². The van der Waals surface area contributed by atoms with E-state index in [1.807, 2.05) is 0 Å². The van der Waals surface area contributed by atoms with Crippen molar-refractivity contribution < 1.29 is 13.2 Å². The molecule has 1 amide bonds. The number of benzene rings is 2. The zero-order valence-electron chi connectivity index (χ0n) is 13.5. The monoisotopic (exact) mass is 378 g/mol. The molecule has 132 valence electrons. The van der Waals surface area contributed by atoms with E-state index < -0.39 is 15.9 Å². The van der Waals surface area contributed by atoms with Crippen LogP contribution in [0.4, 0.5) is 5.69 Å². The van der Waals surface area contributed by atoms with Gasteiger partial charge in [-0.3, -0.25) is 4.79 Å². The number of para-hydroxylation sites is 1. The average Bonchev–Trinajstić information content (AvgIpc) is 3.09. The van der Waals surface area contributed by atoms with Crippen LogP contribution in [0.15, 0.2) is 53.4 Å². The van der Waals surface area contributed by atoms with Gasteiger partial charge in [0, 0.05) is 11.6 Å². The first-order valence-electron chi connectivity index (χ1n) is 8.14. The molecule has 25 heavy (non-hydrogen) atoms. The lowest BCUT2D eigenvalue weighted by molar-refractivity contribution is 0.102. The van der Waals surface area contributed by atoms with Crippen LogP contribution >= 0.6 is 11.6 Å². The van der Waals surface area contributed by atoms with Crippen molar-refractivity contribution in [3.63, 3.8) is 0 Å². The Morgan fingerprint density at radius 3 is 2.48 bits per heavy atom. The fourth-order valence-electron chi connectivity index (χ4n) is 2.89. The molecule has 1 saturated carbocycles. The molecule has 0 heterocycles. The first kappa shape index (κ1) is 17.9. The summed E-state index contributed by atoms with van der Waals surface area (Å²) in [4.78, 5) is 12.5. The van der Waals surface area contributed by atoms with Crippen molar-refractivity contribution in [1.29, 1.82) is 0 Å². The molecule has 2 aromatic rings. The molecule has 1 aliphatic carbocycles. The van der Waals surface area contributed by atoms with Crippen LogP contribution in [0.2, 0.25) is 5.02 Å². The van der Waals surface area contributed by atoms with Gasteiger partial charge in [0.25, 0.3) is 5.91 Å². The van der Waals surface area contributed by atoms with E-state index in [9.17, 15) is 13.2 Å². The summed E-state index contributed by atoms with van der Waals surface area (Å²) in [7, 11) is -3.64. The average molecular weight is 379 g/mol. The van der Waals surface area contributed by atoms with E-state index in [0.717, 1.165) is 25.7 Å². The third-order valence-corrected chi connectivity index (χ3v) is 6.05. The minimum absolute atomic E-state index is 0.0226. The summed E-state index contributed by atoms with van der Waals surface area (Å²) in [5, 5.41) is 3.11. The van der Waals surface area contributed by atoms with Gasteiger partial charge >= 0.3 is 0 Å². The maximum Gasteiger partial charge on any atom is 0.255 e. The molecule has 7 heteroatoms. The van der Waals surface area contributed by atoms with Crippen molar-refractivity contribution in [2.45, 2.75) is 36.6 Å². The number of nitrogens with one attached hydrogen (secondary N) is 2. The van der Waals surface area contributed by atoms with Gasteiger partial charge in [-0.1, -0.05) is 42.6 Å². The highest BCUT2D eigenvalue weighted by Gasteiger charge is 2.23. The Kier molecular flexibility index (Phi) is 5.42. The maximum atomic E-state index is 12.5. The van der Waals surface area contributed by atoms with E-state index in [1.54, 1.807) is 36.4 Å². The van der Waals surface area contributed by atoms with Gasteiger partial charge in [-0.25, -0.2) is 13.1 Å². The minimum Gasteiger partial charge on any atom is -0.321 e. The maximum absolute atomic E-state index is 12.5. The predicted molar refractivity (Wildman–Crippen MR) is 98.4 cm³/mol. The number of halogens is 1. The number of carbonyl (C=O) groups is 1. The van der Waals surface area contributed by atoms with Crippen LogP contribution in [0, 0.1) is 0 Å². The number of carbonyl (C=O) groups excluding carboxylic acids is 1. The highest BCUT2D eigenvalue weighted by atomic mass is 35.5. The van der Waals surface area contributed by atoms with Crippen LogP contribution in [0.25, 0.3) is 0 Å². The van der Waals surface area contributed by atoms with Crippen LogP contribution in [0.5, 0.6) is 0 Å². The molecule has 0 radical (unpaired) electrons. The Hall–Kier alpha value is -1.89. The smallest absolute Gasteiger partial charge is 0.255 e. The lowest BCUT2D eigenvalue weighted by Crippen LogP contribution is -2.32. The first-order chi connectivity index (χ1) is 12.0. The van der Waals surface area contributed by atoms with E-state index in [4.69, 9.17) is 11.6 Å². The molecule has 0 aromatic heterocycles. The standard InChI is InChI=1S/C18H19ClN2O3S/c19-16-10-3-4-11-17(16)20-18(22)13-6-5-9-15(12-13)25(23,24)21-14-7-1-2-8-14/h3-6,9-12,14,21H,1-2,7-8H2,(H,20,22). The summed E-state index contributed by atoms with van der Waals surface area (Å²) >= 11 is 6.03. The lowest BCUT2D eigenvalue weighted by Gasteiger charge is -2.13. The van der Waals surface area contributed by atoms with Gasteiger partial charge in [-0.15, -0.1) is 0 Å². The molecule has 2 N–H and O–H groups in total. The molecule has 5 nitrogen and oxygen atoms in total. The fraction of sp³-hybridized carbons (Fsp3) is 0.278. The fourth-order valence-corrected chi connectivity index (χ4v) is 4.43. The Labute approximate surface area is 152 Å². The Bertz CT molecular complexity index is 877. The van der Waals surface area contributed by atoms with Gasteiger partial charge < -0.3 is 5.32 Å². The van der Waals surface area contributed by atoms with Gasteiger partial charge in [-0.05, 0) is 43.2 Å². The van der Waals surface area contributed by atoms with Gasteiger partial charge in [0.2, 0.25) is 10.0 Å². The largest absolute Gasteiger partial charge is 0.321 e. The Balaban J connectivity index is 1.78. The zero-order chi connectivity index (χ0) is 17.9. The molecular weight excluding hydrogens is 360 g/mol. The van der Waals surface area contributed by atoms with Crippen molar-refractivity contribution in [3.8, 4) is 0 Å². The van der Waals surface area contributed by atoms with Crippen molar-refractivity contribution in [2.24, 2.45) is 0 Å². The van der Waals surface area contributed by atoms with E-state index in [1.165, 1.54) is 12.1 Å². The van der Waals surface area contributed by atoms with Crippen LogP contribution in [0.1, 0.15) is 36.0 Å². The van der Waals surface area contributed by atoms with E-state index in [-0.39, 0.29) is 16.5 Å². The molecule has 3 rings (SSSR count). The van der Waals surface area contributed by atoms with E-state index in [0.29, 0.717) is 10.7 Å². The van der Waals surface area contributed by atoms with Crippen molar-refractivity contribution in [2.75, 3.05) is 5.32 Å². The molecule has 0 atom stereocenters. The summed E-state index contributed by atoms with van der Waals surface area (Å²) in [6, 6.07) is 12.9. The third kappa shape index (κ3) is 4.39. The normalized spacial score (nSPS) is 15.2. The lowest BCUT2D eigenvalue weighted by atomic mass is 10.2. The number of amides is 1. The van der Waals surface area contributed by atoms with Crippen molar-refractivity contribution >= 4 is 33.2 Å². The molecule has 0 aliphatic heterocycles. The highest BCUT2D eigenvalue weighted by molar-refractivity contribution is 7.89. The molecule has 0 bridgehead atoms. The van der Waals surface area contributed by atoms with Crippen molar-refractivity contribution in [1.82, 2.24) is 4.72 Å². The second-order valence-corrected chi connectivity index (χ2v) is 8.19. The van der Waals surface area contributed by atoms with E-state index >= 15 is 0 Å². The van der Waals surface area contributed by atoms with Crippen LogP contribution in [-0.4, -0.2) is 20.4 Å². The molecular formula is C18H19ClN2O3S. The number of anilines is 1. The number of sulfonamides is 1. The van der Waals surface area contributed by atoms with Gasteiger partial charge in [0.1, 0.15) is 0 Å². The molecule has 1 fully saturated rings. The predicted octanol–water partition coefficient (Wildman–Crippen LogP) is 3.81. The number of rotatable bonds is 5. The highest BCUT2D eigenvalue weighted by Crippen LogP contribution is 2.23. The first-order valence-corrected chi connectivity index (χ1v) is 10.00. The molecule has 0 spiro atoms. The Morgan fingerprint density at radius 2 is 1.76 bits per heavy atom. The second kappa shape index (κ2) is 7.56. The van der Waals surface area contributed by atoms with Crippen molar-refractivity contribution in [3.05, 3.63) is 59.1 Å². The summed E-state index contributed by atoms with van der Waals surface area (Å²) in [6.45, 7) is 0. The molecule has 1 aliphatic rings. The summed E-state index contributed by atoms with van der Waals surface area (Å²) in [5.74, 6) is -0.411. The van der Waals surface area contributed by atoms with Crippen LogP contribution in [-0.2, 0) is 10.0 Å². The van der Waals surface area contributed by atoms with Gasteiger partial charge in [0.15, 0.2) is 0 Å². The van der Waals surface area contributed by atoms with Gasteiger partial charge in [0.05, 0.1) is 15.6 Å². The molecule has 0 saturated heterocycles. The quantitative estimate of drug-likeness (QED) is 0.830. The zero-order valence-corrected chi connectivity index (χ0v) is 15.1. The Morgan fingerprint density at radius 1 is 1.04 bits per heavy atom. The summed E-state index contributed by atoms with van der Waals surface area (Å²) < 4.78 is 27.7. The van der Waals surface area contributed by atoms with Gasteiger partial charge in [-0.2, -0.15) is 0 Å². The SMILES string of the molecule is O=C(Nc1ccccc1Cl)c1cccc(S(=O)(=O)NC2CCCC2)c1. The summed E-state index contributed by atoms with van der Waals surface area (Å²) in [6.07, 6.45) is 3.78. The number of hydrogen-bond acceptors (Lipinski definition) is 3. The minimum atomic E-state index is -3.64. The molecule has 0 unspecified atom stereocenters. The summed E-state index contributed by atoms with van der Waals surface area (Å²) in [5.41, 5.74) is 0.737.